The number of nitrogens with zero attached hydrogens (tertiary/aromatic N) is 4. The lowest BCUT2D eigenvalue weighted by Gasteiger charge is -2.19. The number of benzene rings is 1. The van der Waals surface area contributed by atoms with Crippen molar-refractivity contribution < 1.29 is 26.3 Å². The SMILES string of the molecule is CC(Nc1ccn2ncc(C3=CN(S(C)(=O)=O)CCC=C3)c2n1)c1cc(F)ccc1OCC(F)F. The first kappa shape index (κ1) is 24.6. The predicted molar refractivity (Wildman–Crippen MR) is 126 cm³/mol. The maximum atomic E-state index is 13.9. The van der Waals surface area contributed by atoms with Crippen LogP contribution in [0.25, 0.3) is 11.2 Å². The molecule has 12 heteroatoms. The van der Waals surface area contributed by atoms with E-state index in [4.69, 9.17) is 4.74 Å². The van der Waals surface area contributed by atoms with Gasteiger partial charge in [-0.25, -0.2) is 31.1 Å². The zero-order valence-electron chi connectivity index (χ0n) is 19.0. The maximum absolute atomic E-state index is 13.9. The van der Waals surface area contributed by atoms with Crippen molar-refractivity contribution in [1.29, 1.82) is 0 Å². The monoisotopic (exact) mass is 507 g/mol. The molecule has 0 radical (unpaired) electrons. The largest absolute Gasteiger partial charge is 0.487 e. The Labute approximate surface area is 200 Å². The van der Waals surface area contributed by atoms with Crippen molar-refractivity contribution >= 4 is 27.1 Å². The molecule has 8 nitrogen and oxygen atoms in total. The van der Waals surface area contributed by atoms with E-state index in [0.29, 0.717) is 41.1 Å². The number of anilines is 1. The van der Waals surface area contributed by atoms with Gasteiger partial charge in [-0.05, 0) is 37.6 Å². The third-order valence-corrected chi connectivity index (χ3v) is 6.51. The zero-order valence-corrected chi connectivity index (χ0v) is 19.8. The van der Waals surface area contributed by atoms with Crippen LogP contribution in [0.2, 0.25) is 0 Å². The van der Waals surface area contributed by atoms with Crippen molar-refractivity contribution in [2.75, 3.05) is 24.7 Å². The number of nitrogens with one attached hydrogen (secondary N) is 1. The molecular formula is C23H24F3N5O3S. The minimum absolute atomic E-state index is 0.146. The lowest BCUT2D eigenvalue weighted by molar-refractivity contribution is 0.0813. The molecule has 1 aromatic carbocycles. The van der Waals surface area contributed by atoms with E-state index in [2.05, 4.69) is 15.4 Å². The second-order valence-corrected chi connectivity index (χ2v) is 9.97. The summed E-state index contributed by atoms with van der Waals surface area (Å²) in [5.41, 5.74) is 2.09. The first-order chi connectivity index (χ1) is 16.6. The quantitative estimate of drug-likeness (QED) is 0.491. The third kappa shape index (κ3) is 5.76. The van der Waals surface area contributed by atoms with Gasteiger partial charge in [-0.15, -0.1) is 0 Å². The molecule has 0 aliphatic carbocycles. The topological polar surface area (TPSA) is 88.8 Å². The average molecular weight is 508 g/mol. The van der Waals surface area contributed by atoms with Gasteiger partial charge in [0.15, 0.2) is 5.65 Å². The molecule has 1 aliphatic rings. The molecule has 0 bridgehead atoms. The molecule has 3 heterocycles. The maximum Gasteiger partial charge on any atom is 0.272 e. The summed E-state index contributed by atoms with van der Waals surface area (Å²) in [7, 11) is -3.43. The highest BCUT2D eigenvalue weighted by Gasteiger charge is 2.19. The van der Waals surface area contributed by atoms with Crippen LogP contribution in [-0.2, 0) is 10.0 Å². The van der Waals surface area contributed by atoms with Crippen molar-refractivity contribution in [3.8, 4) is 5.75 Å². The Morgan fingerprint density at radius 3 is 2.80 bits per heavy atom. The van der Waals surface area contributed by atoms with Gasteiger partial charge in [-0.1, -0.05) is 12.2 Å². The minimum atomic E-state index is -3.43. The van der Waals surface area contributed by atoms with Gasteiger partial charge in [-0.3, -0.25) is 4.31 Å². The van der Waals surface area contributed by atoms with Crippen molar-refractivity contribution in [3.63, 3.8) is 0 Å². The van der Waals surface area contributed by atoms with Crippen molar-refractivity contribution in [3.05, 3.63) is 72.0 Å². The summed E-state index contributed by atoms with van der Waals surface area (Å²) in [6, 6.07) is 4.82. The molecule has 0 amide bonds. The molecular weight excluding hydrogens is 483 g/mol. The molecule has 0 saturated heterocycles. The fraction of sp³-hybridized carbons (Fsp3) is 0.304. The summed E-state index contributed by atoms with van der Waals surface area (Å²) in [5, 5.41) is 7.44. The van der Waals surface area contributed by atoms with Crippen LogP contribution in [0, 0.1) is 5.82 Å². The number of aromatic nitrogens is 3. The summed E-state index contributed by atoms with van der Waals surface area (Å²) in [4.78, 5) is 4.61. The smallest absolute Gasteiger partial charge is 0.272 e. The summed E-state index contributed by atoms with van der Waals surface area (Å²) < 4.78 is 71.3. The fourth-order valence-electron chi connectivity index (χ4n) is 3.69. The molecule has 1 N–H and O–H groups in total. The Hall–Kier alpha value is -3.54. The third-order valence-electron chi connectivity index (χ3n) is 5.37. The number of rotatable bonds is 8. The lowest BCUT2D eigenvalue weighted by atomic mass is 10.1. The molecule has 35 heavy (non-hydrogen) atoms. The highest BCUT2D eigenvalue weighted by molar-refractivity contribution is 7.88. The van der Waals surface area contributed by atoms with Gasteiger partial charge < -0.3 is 10.1 Å². The zero-order chi connectivity index (χ0) is 25.2. The Morgan fingerprint density at radius 1 is 1.26 bits per heavy atom. The van der Waals surface area contributed by atoms with Crippen LogP contribution in [0.3, 0.4) is 0 Å². The van der Waals surface area contributed by atoms with Gasteiger partial charge in [-0.2, -0.15) is 5.10 Å². The second-order valence-electron chi connectivity index (χ2n) is 8.04. The number of alkyl halides is 2. The summed E-state index contributed by atoms with van der Waals surface area (Å²) >= 11 is 0. The number of halogens is 3. The van der Waals surface area contributed by atoms with Crippen LogP contribution in [0.4, 0.5) is 19.0 Å². The van der Waals surface area contributed by atoms with Crippen LogP contribution < -0.4 is 10.1 Å². The van der Waals surface area contributed by atoms with Crippen molar-refractivity contribution in [2.45, 2.75) is 25.8 Å². The summed E-state index contributed by atoms with van der Waals surface area (Å²) in [6.07, 6.45) is 7.59. The van der Waals surface area contributed by atoms with E-state index in [-0.39, 0.29) is 5.75 Å². The van der Waals surface area contributed by atoms with Crippen LogP contribution in [0.5, 0.6) is 5.75 Å². The highest BCUT2D eigenvalue weighted by atomic mass is 32.2. The van der Waals surface area contributed by atoms with E-state index < -0.39 is 34.9 Å². The molecule has 0 spiro atoms. The van der Waals surface area contributed by atoms with Gasteiger partial charge >= 0.3 is 0 Å². The Balaban J connectivity index is 1.65. The fourth-order valence-corrected chi connectivity index (χ4v) is 4.43. The van der Waals surface area contributed by atoms with Crippen molar-refractivity contribution in [2.24, 2.45) is 0 Å². The standard InChI is InChI=1S/C23H24F3N5O3S/c1-15(18-11-17(24)6-7-20(18)34-14-21(25)26)28-22-8-10-31-23(29-22)19(12-27-31)16-5-3-4-9-30(13-16)35(2,32)33/h3,5-8,10-13,15,21H,4,9,14H2,1-2H3,(H,28,29). The van der Waals surface area contributed by atoms with Crippen LogP contribution in [-0.4, -0.2) is 53.2 Å². The second kappa shape index (κ2) is 9.98. The van der Waals surface area contributed by atoms with Crippen LogP contribution in [0.1, 0.15) is 30.5 Å². The van der Waals surface area contributed by atoms with E-state index in [9.17, 15) is 21.6 Å². The highest BCUT2D eigenvalue weighted by Crippen LogP contribution is 2.30. The molecule has 2 aromatic heterocycles. The first-order valence-electron chi connectivity index (χ1n) is 10.8. The number of sulfonamides is 1. The van der Waals surface area contributed by atoms with E-state index in [1.807, 2.05) is 12.2 Å². The Morgan fingerprint density at radius 2 is 2.06 bits per heavy atom. The molecule has 1 aliphatic heterocycles. The van der Waals surface area contributed by atoms with E-state index >= 15 is 0 Å². The molecule has 3 aromatic rings. The van der Waals surface area contributed by atoms with Gasteiger partial charge in [0, 0.05) is 35.6 Å². The van der Waals surface area contributed by atoms with Gasteiger partial charge in [0.2, 0.25) is 10.0 Å². The van der Waals surface area contributed by atoms with Gasteiger partial charge in [0.05, 0.1) is 18.5 Å². The normalized spacial score (nSPS) is 15.3. The molecule has 1 unspecified atom stereocenters. The van der Waals surface area contributed by atoms with Crippen LogP contribution >= 0.6 is 0 Å². The molecule has 186 valence electrons. The van der Waals surface area contributed by atoms with Gasteiger partial charge in [0.1, 0.15) is 24.0 Å². The lowest BCUT2D eigenvalue weighted by Crippen LogP contribution is -2.25. The number of allylic oxidation sites excluding steroid dienone is 2. The average Bonchev–Trinajstić information content (AvgIpc) is 3.04. The van der Waals surface area contributed by atoms with Gasteiger partial charge in [0.25, 0.3) is 6.43 Å². The Bertz CT molecular complexity index is 1390. The molecule has 1 atom stereocenters. The number of ether oxygens (including phenoxy) is 1. The summed E-state index contributed by atoms with van der Waals surface area (Å²) in [6.45, 7) is 1.26. The predicted octanol–water partition coefficient (Wildman–Crippen LogP) is 4.25. The number of hydrogen-bond donors (Lipinski definition) is 1. The molecule has 0 fully saturated rings. The van der Waals surface area contributed by atoms with Crippen molar-refractivity contribution in [1.82, 2.24) is 18.9 Å². The van der Waals surface area contributed by atoms with E-state index in [0.717, 1.165) is 12.3 Å². The number of fused-ring (bicyclic) bond motifs is 1. The first-order valence-corrected chi connectivity index (χ1v) is 12.6. The van der Waals surface area contributed by atoms with E-state index in [1.165, 1.54) is 16.4 Å². The Kier molecular flexibility index (Phi) is 7.01. The molecule has 0 saturated carbocycles. The minimum Gasteiger partial charge on any atom is -0.487 e. The molecule has 4 rings (SSSR count). The number of hydrogen-bond acceptors (Lipinski definition) is 6. The summed E-state index contributed by atoms with van der Waals surface area (Å²) in [5.74, 6) is 0.0449. The van der Waals surface area contributed by atoms with E-state index in [1.54, 1.807) is 36.1 Å². The van der Waals surface area contributed by atoms with Crippen LogP contribution in [0.15, 0.2) is 55.0 Å².